The lowest BCUT2D eigenvalue weighted by molar-refractivity contribution is -0.137. The van der Waals surface area contributed by atoms with Crippen LogP contribution in [-0.2, 0) is 16.4 Å². The summed E-state index contributed by atoms with van der Waals surface area (Å²) in [7, 11) is 0. The third kappa shape index (κ3) is 4.63. The number of amides is 1. The van der Waals surface area contributed by atoms with Crippen molar-refractivity contribution in [2.75, 3.05) is 6.54 Å². The van der Waals surface area contributed by atoms with Gasteiger partial charge in [-0.2, -0.15) is 13.2 Å². The zero-order chi connectivity index (χ0) is 17.3. The van der Waals surface area contributed by atoms with Crippen LogP contribution in [0, 0.1) is 0 Å². The molecule has 0 spiro atoms. The van der Waals surface area contributed by atoms with Gasteiger partial charge in [0.2, 0.25) is 5.91 Å². The van der Waals surface area contributed by atoms with Gasteiger partial charge >= 0.3 is 6.18 Å². The van der Waals surface area contributed by atoms with Crippen LogP contribution in [-0.4, -0.2) is 18.0 Å². The first-order valence-corrected chi connectivity index (χ1v) is 7.80. The number of carbonyl (C=O) groups excluding carboxylic acids is 1. The molecule has 136 valence electrons. The Morgan fingerprint density at radius 1 is 1.21 bits per heavy atom. The molecule has 1 aliphatic carbocycles. The maximum atomic E-state index is 12.8. The number of hydrogen-bond acceptors (Lipinski definition) is 2. The van der Waals surface area contributed by atoms with Crippen molar-refractivity contribution in [1.29, 1.82) is 0 Å². The van der Waals surface area contributed by atoms with Crippen molar-refractivity contribution in [2.24, 2.45) is 5.73 Å². The molecule has 3 N–H and O–H groups in total. The Bertz CT molecular complexity index is 581. The lowest BCUT2D eigenvalue weighted by Crippen LogP contribution is -2.53. The maximum Gasteiger partial charge on any atom is 0.416 e. The monoisotopic (exact) mass is 364 g/mol. The first-order valence-electron chi connectivity index (χ1n) is 7.80. The van der Waals surface area contributed by atoms with Gasteiger partial charge in [0.25, 0.3) is 0 Å². The molecule has 1 aliphatic rings. The van der Waals surface area contributed by atoms with Crippen molar-refractivity contribution in [1.82, 2.24) is 5.32 Å². The number of nitrogens with two attached hydrogens (primary N) is 1. The van der Waals surface area contributed by atoms with Crippen LogP contribution < -0.4 is 11.1 Å². The number of hydrogen-bond donors (Lipinski definition) is 2. The third-order valence-corrected chi connectivity index (χ3v) is 4.61. The Morgan fingerprint density at radius 2 is 1.75 bits per heavy atom. The van der Waals surface area contributed by atoms with Gasteiger partial charge in [-0.05, 0) is 24.5 Å². The molecule has 0 aliphatic heterocycles. The first-order chi connectivity index (χ1) is 10.5. The molecule has 0 heterocycles. The van der Waals surface area contributed by atoms with Crippen LogP contribution in [0.4, 0.5) is 13.2 Å². The van der Waals surface area contributed by atoms with Gasteiger partial charge in [-0.1, -0.05) is 44.9 Å². The second-order valence-electron chi connectivity index (χ2n) is 7.01. The average Bonchev–Trinajstić information content (AvgIpc) is 2.92. The van der Waals surface area contributed by atoms with Gasteiger partial charge in [0.15, 0.2) is 0 Å². The quantitative estimate of drug-likeness (QED) is 0.854. The summed E-state index contributed by atoms with van der Waals surface area (Å²) >= 11 is 0. The molecule has 0 saturated heterocycles. The Hall–Kier alpha value is -1.27. The van der Waals surface area contributed by atoms with E-state index in [1.807, 2.05) is 0 Å². The van der Waals surface area contributed by atoms with Gasteiger partial charge in [-0.25, -0.2) is 0 Å². The predicted octanol–water partition coefficient (Wildman–Crippen LogP) is 3.79. The number of carbonyl (C=O) groups is 1. The lowest BCUT2D eigenvalue weighted by Gasteiger charge is -2.29. The smallest absolute Gasteiger partial charge is 0.354 e. The molecule has 0 atom stereocenters. The molecule has 1 aromatic carbocycles. The number of alkyl halides is 3. The summed E-state index contributed by atoms with van der Waals surface area (Å²) < 4.78 is 38.5. The highest BCUT2D eigenvalue weighted by Gasteiger charge is 2.38. The fourth-order valence-electron chi connectivity index (χ4n) is 2.93. The summed E-state index contributed by atoms with van der Waals surface area (Å²) in [6.07, 6.45) is -1.20. The maximum absolute atomic E-state index is 12.8. The molecule has 0 aromatic heterocycles. The van der Waals surface area contributed by atoms with E-state index < -0.39 is 22.7 Å². The van der Waals surface area contributed by atoms with Crippen molar-refractivity contribution in [3.05, 3.63) is 35.4 Å². The van der Waals surface area contributed by atoms with Crippen LogP contribution >= 0.6 is 12.4 Å². The molecule has 24 heavy (non-hydrogen) atoms. The van der Waals surface area contributed by atoms with Crippen molar-refractivity contribution in [3.8, 4) is 0 Å². The molecule has 1 aromatic rings. The van der Waals surface area contributed by atoms with E-state index in [-0.39, 0.29) is 24.9 Å². The van der Waals surface area contributed by atoms with E-state index in [9.17, 15) is 18.0 Å². The molecule has 1 fully saturated rings. The predicted molar refractivity (Wildman–Crippen MR) is 90.1 cm³/mol. The first kappa shape index (κ1) is 20.8. The van der Waals surface area contributed by atoms with Gasteiger partial charge in [-0.15, -0.1) is 12.4 Å². The molecule has 1 saturated carbocycles. The van der Waals surface area contributed by atoms with E-state index in [4.69, 9.17) is 5.73 Å². The summed E-state index contributed by atoms with van der Waals surface area (Å²) in [5.41, 5.74) is 4.49. The topological polar surface area (TPSA) is 55.1 Å². The van der Waals surface area contributed by atoms with Crippen LogP contribution in [0.2, 0.25) is 0 Å². The van der Waals surface area contributed by atoms with Crippen molar-refractivity contribution >= 4 is 18.3 Å². The second-order valence-corrected chi connectivity index (χ2v) is 7.01. The zero-order valence-electron chi connectivity index (χ0n) is 13.9. The fraction of sp³-hybridized carbons (Fsp3) is 0.588. The van der Waals surface area contributed by atoms with Crippen LogP contribution in [0.3, 0.4) is 0 Å². The van der Waals surface area contributed by atoms with E-state index in [1.165, 1.54) is 6.07 Å². The number of nitrogens with one attached hydrogen (secondary N) is 1. The van der Waals surface area contributed by atoms with Crippen LogP contribution in [0.1, 0.15) is 50.7 Å². The normalized spacial score (nSPS) is 17.2. The summed E-state index contributed by atoms with van der Waals surface area (Å²) in [5.74, 6) is -0.213. The van der Waals surface area contributed by atoms with Crippen LogP contribution in [0.5, 0.6) is 0 Å². The molecule has 1 amide bonds. The van der Waals surface area contributed by atoms with Crippen molar-refractivity contribution in [3.63, 3.8) is 0 Å². The van der Waals surface area contributed by atoms with E-state index in [2.05, 4.69) is 5.32 Å². The molecular weight excluding hydrogens is 341 g/mol. The Balaban J connectivity index is 0.00000288. The summed E-state index contributed by atoms with van der Waals surface area (Å²) in [6, 6.07) is 5.23. The standard InChI is InChI=1S/C17H23F3N2O.ClH/c1-15(2,11-22-14(23)16(21)8-3-4-9-16)12-6-5-7-13(10-12)17(18,19)20;/h5-7,10H,3-4,8-9,11,21H2,1-2H3,(H,22,23);1H. The number of rotatable bonds is 4. The molecule has 0 bridgehead atoms. The van der Waals surface area contributed by atoms with E-state index in [0.29, 0.717) is 18.4 Å². The van der Waals surface area contributed by atoms with Gasteiger partial charge < -0.3 is 11.1 Å². The molecule has 0 radical (unpaired) electrons. The minimum Gasteiger partial charge on any atom is -0.354 e. The third-order valence-electron chi connectivity index (χ3n) is 4.61. The van der Waals surface area contributed by atoms with E-state index >= 15 is 0 Å². The SMILES string of the molecule is CC(C)(CNC(=O)C1(N)CCCC1)c1cccc(C(F)(F)F)c1.Cl. The molecule has 2 rings (SSSR count). The van der Waals surface area contributed by atoms with Gasteiger partial charge in [0.05, 0.1) is 11.1 Å². The van der Waals surface area contributed by atoms with E-state index in [0.717, 1.165) is 25.0 Å². The zero-order valence-corrected chi connectivity index (χ0v) is 14.7. The average molecular weight is 365 g/mol. The Kier molecular flexibility index (Phi) is 6.33. The number of halogens is 4. The molecular formula is C17H24ClF3N2O. The second kappa shape index (κ2) is 7.31. The highest BCUT2D eigenvalue weighted by molar-refractivity contribution is 5.86. The van der Waals surface area contributed by atoms with Gasteiger partial charge in [-0.3, -0.25) is 4.79 Å². The van der Waals surface area contributed by atoms with E-state index in [1.54, 1.807) is 19.9 Å². The fourth-order valence-corrected chi connectivity index (χ4v) is 2.93. The van der Waals surface area contributed by atoms with Crippen molar-refractivity contribution < 1.29 is 18.0 Å². The van der Waals surface area contributed by atoms with Gasteiger partial charge in [0.1, 0.15) is 0 Å². The molecule has 3 nitrogen and oxygen atoms in total. The summed E-state index contributed by atoms with van der Waals surface area (Å²) in [6.45, 7) is 3.85. The summed E-state index contributed by atoms with van der Waals surface area (Å²) in [5, 5.41) is 2.82. The molecule has 0 unspecified atom stereocenters. The lowest BCUT2D eigenvalue weighted by atomic mass is 9.83. The minimum atomic E-state index is -4.37. The Morgan fingerprint density at radius 3 is 2.29 bits per heavy atom. The van der Waals surface area contributed by atoms with Crippen LogP contribution in [0.25, 0.3) is 0 Å². The van der Waals surface area contributed by atoms with Gasteiger partial charge in [0, 0.05) is 12.0 Å². The minimum absolute atomic E-state index is 0. The molecule has 7 heteroatoms. The largest absolute Gasteiger partial charge is 0.416 e. The summed E-state index contributed by atoms with van der Waals surface area (Å²) in [4.78, 5) is 12.3. The highest BCUT2D eigenvalue weighted by atomic mass is 35.5. The Labute approximate surface area is 146 Å². The van der Waals surface area contributed by atoms with Crippen molar-refractivity contribution in [2.45, 2.75) is 56.7 Å². The highest BCUT2D eigenvalue weighted by Crippen LogP contribution is 2.33. The van der Waals surface area contributed by atoms with Crippen LogP contribution in [0.15, 0.2) is 24.3 Å². The number of benzene rings is 1.